The number of rotatable bonds is 28. The number of nitrogens with two attached hydrogens (primary N) is 1. The van der Waals surface area contributed by atoms with E-state index < -0.39 is 44.4 Å². The molecule has 1 aromatic carbocycles. The van der Waals surface area contributed by atoms with Crippen LogP contribution in [0.25, 0.3) is 0 Å². The number of alkyl halides is 2. The molecule has 0 bridgehead atoms. The number of aliphatic hydroxyl groups is 1. The van der Waals surface area contributed by atoms with E-state index in [2.05, 4.69) is 89.1 Å². The van der Waals surface area contributed by atoms with Crippen molar-refractivity contribution in [1.82, 2.24) is 20.0 Å². The number of nitrogen functional groups attached to an aromatic ring is 1. The molecule has 5 N–H and O–H groups in total. The van der Waals surface area contributed by atoms with Crippen molar-refractivity contribution in [1.29, 1.82) is 0 Å². The molecule has 3 rings (SSSR count). The largest absolute Gasteiger partial charge is 0.458 e. The Kier molecular flexibility index (Phi) is 23.3. The van der Waals surface area contributed by atoms with Gasteiger partial charge in [0, 0.05) is 37.2 Å². The number of para-hydroxylation sites is 1. The van der Waals surface area contributed by atoms with Crippen molar-refractivity contribution in [2.45, 2.75) is 82.6 Å². The van der Waals surface area contributed by atoms with Crippen molar-refractivity contribution in [3.05, 3.63) is 126 Å². The zero-order valence-electron chi connectivity index (χ0n) is 32.8. The summed E-state index contributed by atoms with van der Waals surface area (Å²) in [5.74, 6) is -2.80. The Morgan fingerprint density at radius 3 is 2.09 bits per heavy atom. The van der Waals surface area contributed by atoms with Gasteiger partial charge in [0.05, 0.1) is 6.61 Å². The highest BCUT2D eigenvalue weighted by Gasteiger charge is 2.60. The zero-order valence-corrected chi connectivity index (χ0v) is 35.3. The molecular weight excluding hydrogens is 808 g/mol. The zero-order chi connectivity index (χ0) is 41.9. The second-order valence-corrected chi connectivity index (χ2v) is 17.2. The highest BCUT2D eigenvalue weighted by atomic mass is 33.1. The molecule has 0 aliphatic carbocycles. The molecule has 0 spiro atoms. The summed E-state index contributed by atoms with van der Waals surface area (Å²) in [6.45, 7) is 2.03. The van der Waals surface area contributed by atoms with Crippen LogP contribution in [0.2, 0.25) is 0 Å². The number of carbonyl (C=O) groups excluding carboxylic acids is 1. The molecule has 1 aromatic heterocycles. The number of carbonyl (C=O) groups is 1. The SMILES string of the molecule is CC/C=C\C/C=C\C/C=C\C/C=C\C/C=C\C/C=C\CCC(=O)NCCSSCCNP(=O)(OC[C@H]1O[C@@H](n2ccc(N)nc2=O)C(F)(F)[C@@H]1O)Oc1ccccc1. The smallest absolute Gasteiger partial charge is 0.413 e. The van der Waals surface area contributed by atoms with Gasteiger partial charge in [-0.3, -0.25) is 13.9 Å². The van der Waals surface area contributed by atoms with Crippen LogP contribution in [0.4, 0.5) is 14.6 Å². The van der Waals surface area contributed by atoms with Gasteiger partial charge in [-0.25, -0.2) is 14.4 Å². The van der Waals surface area contributed by atoms with Gasteiger partial charge in [0.25, 0.3) is 0 Å². The summed E-state index contributed by atoms with van der Waals surface area (Å²) < 4.78 is 60.6. The third-order valence-corrected chi connectivity index (χ3v) is 12.0. The lowest BCUT2D eigenvalue weighted by atomic mass is 10.1. The van der Waals surface area contributed by atoms with Crippen LogP contribution in [0, 0.1) is 0 Å². The van der Waals surface area contributed by atoms with Gasteiger partial charge in [-0.05, 0) is 63.1 Å². The van der Waals surface area contributed by atoms with Gasteiger partial charge >= 0.3 is 19.4 Å². The molecule has 1 aliphatic heterocycles. The molecule has 1 saturated heterocycles. The summed E-state index contributed by atoms with van der Waals surface area (Å²) in [4.78, 5) is 27.8. The van der Waals surface area contributed by atoms with Crippen LogP contribution in [-0.2, 0) is 18.6 Å². The maximum absolute atomic E-state index is 15.0. The van der Waals surface area contributed by atoms with E-state index in [9.17, 15) is 19.3 Å². The van der Waals surface area contributed by atoms with E-state index in [1.165, 1.54) is 21.6 Å². The average molecular weight is 864 g/mol. The van der Waals surface area contributed by atoms with Gasteiger partial charge in [-0.2, -0.15) is 13.8 Å². The first-order valence-corrected chi connectivity index (χ1v) is 23.3. The van der Waals surface area contributed by atoms with Crippen LogP contribution in [0.5, 0.6) is 5.75 Å². The van der Waals surface area contributed by atoms with Crippen LogP contribution in [0.1, 0.15) is 64.5 Å². The lowest BCUT2D eigenvalue weighted by molar-refractivity contribution is -0.140. The molecule has 4 atom stereocenters. The summed E-state index contributed by atoms with van der Waals surface area (Å²) in [6.07, 6.45) is 27.2. The minimum absolute atomic E-state index is 0.0272. The normalized spacial score (nSPS) is 19.4. The molecular formula is C41H56F2N5O7PS2. The van der Waals surface area contributed by atoms with Gasteiger partial charge in [0.15, 0.2) is 6.10 Å². The average Bonchev–Trinajstić information content (AvgIpc) is 3.42. The number of allylic oxidation sites excluding steroid dienone is 12. The number of nitrogens with one attached hydrogen (secondary N) is 2. The second-order valence-electron chi connectivity index (χ2n) is 12.7. The highest BCUT2D eigenvalue weighted by molar-refractivity contribution is 8.76. The number of nitrogens with zero attached hydrogens (tertiary/aromatic N) is 2. The van der Waals surface area contributed by atoms with E-state index in [0.29, 0.717) is 35.5 Å². The van der Waals surface area contributed by atoms with E-state index in [0.717, 1.165) is 50.8 Å². The third kappa shape index (κ3) is 18.9. The molecule has 1 amide bonds. The number of ether oxygens (including phenoxy) is 1. The summed E-state index contributed by atoms with van der Waals surface area (Å²) >= 11 is 0. The van der Waals surface area contributed by atoms with E-state index in [-0.39, 0.29) is 24.0 Å². The molecule has 12 nitrogen and oxygen atoms in total. The molecule has 318 valence electrons. The molecule has 2 heterocycles. The number of aliphatic hydroxyl groups excluding tert-OH is 1. The minimum Gasteiger partial charge on any atom is -0.413 e. The second kappa shape index (κ2) is 27.8. The standard InChI is InChI=1S/C41H56F2N5O7PS2/c1-2-3-4-5-6-7-8-9-10-11-12-13-14-15-16-17-18-19-23-26-37(49)45-28-31-57-58-32-29-46-56(52,55-34-24-21-20-22-25-34)53-33-35-38(50)41(42,43)39(54-35)48-30-27-36(44)47-40(48)51/h3-4,6-7,9-10,12-13,15-16,18-22,24-25,27,30,35,38-39,50H,2,5,8,11,14,17,23,26,28-29,31-33H2,1H3,(H,45,49)(H,46,52)(H2,44,47,51)/b4-3-,7-6-,10-9-,13-12-,16-15-,19-18-/t35-,38-,39-,56?/m1/s1. The fourth-order valence-corrected chi connectivity index (χ4v) is 8.42. The fourth-order valence-electron chi connectivity index (χ4n) is 5.12. The van der Waals surface area contributed by atoms with Gasteiger partial charge in [0.1, 0.15) is 17.7 Å². The summed E-state index contributed by atoms with van der Waals surface area (Å²) in [5, 5.41) is 16.0. The van der Waals surface area contributed by atoms with Gasteiger partial charge in [-0.15, -0.1) is 0 Å². The first-order chi connectivity index (χ1) is 28.1. The van der Waals surface area contributed by atoms with E-state index in [4.69, 9.17) is 19.5 Å². The Morgan fingerprint density at radius 2 is 1.50 bits per heavy atom. The molecule has 0 saturated carbocycles. The predicted molar refractivity (Wildman–Crippen MR) is 232 cm³/mol. The maximum Gasteiger partial charge on any atom is 0.458 e. The lowest BCUT2D eigenvalue weighted by Crippen LogP contribution is -2.42. The molecule has 2 aromatic rings. The number of amides is 1. The minimum atomic E-state index is -4.16. The number of halogens is 2. The Balaban J connectivity index is 1.27. The third-order valence-electron chi connectivity index (χ3n) is 8.08. The first-order valence-electron chi connectivity index (χ1n) is 19.3. The number of benzene rings is 1. The number of aromatic nitrogens is 2. The van der Waals surface area contributed by atoms with Crippen molar-refractivity contribution in [3.63, 3.8) is 0 Å². The Hall–Kier alpha value is -3.76. The Bertz CT molecular complexity index is 1790. The number of hydrogen-bond donors (Lipinski definition) is 4. The van der Waals surface area contributed by atoms with Crippen molar-refractivity contribution < 1.29 is 37.0 Å². The maximum atomic E-state index is 15.0. The van der Waals surface area contributed by atoms with Gasteiger partial charge < -0.3 is 25.4 Å². The molecule has 58 heavy (non-hydrogen) atoms. The van der Waals surface area contributed by atoms with Gasteiger partial charge in [-0.1, -0.05) is 120 Å². The van der Waals surface area contributed by atoms with Crippen molar-refractivity contribution in [3.8, 4) is 5.75 Å². The fraction of sp³-hybridized carbons (Fsp3) is 0.439. The highest BCUT2D eigenvalue weighted by Crippen LogP contribution is 2.47. The molecule has 1 unspecified atom stereocenters. The van der Waals surface area contributed by atoms with Crippen LogP contribution in [0.3, 0.4) is 0 Å². The molecule has 0 radical (unpaired) electrons. The Labute approximate surface area is 348 Å². The van der Waals surface area contributed by atoms with Crippen molar-refractivity contribution in [2.24, 2.45) is 0 Å². The van der Waals surface area contributed by atoms with E-state index in [1.807, 2.05) is 6.08 Å². The summed E-state index contributed by atoms with van der Waals surface area (Å²) in [6, 6.07) is 9.28. The summed E-state index contributed by atoms with van der Waals surface area (Å²) in [5.41, 5.74) is 4.37. The van der Waals surface area contributed by atoms with Crippen LogP contribution in [0.15, 0.2) is 120 Å². The van der Waals surface area contributed by atoms with Gasteiger partial charge in [0.2, 0.25) is 12.1 Å². The Morgan fingerprint density at radius 1 is 0.931 bits per heavy atom. The van der Waals surface area contributed by atoms with Crippen LogP contribution >= 0.6 is 29.3 Å². The van der Waals surface area contributed by atoms with Crippen molar-refractivity contribution >= 4 is 41.1 Å². The van der Waals surface area contributed by atoms with Crippen LogP contribution < -0.4 is 26.4 Å². The molecule has 1 fully saturated rings. The monoisotopic (exact) mass is 863 g/mol. The van der Waals surface area contributed by atoms with Crippen LogP contribution in [-0.4, -0.2) is 69.9 Å². The topological polar surface area (TPSA) is 167 Å². The quantitative estimate of drug-likeness (QED) is 0.0279. The molecule has 17 heteroatoms. The van der Waals surface area contributed by atoms with E-state index >= 15 is 8.78 Å². The summed E-state index contributed by atoms with van der Waals surface area (Å²) in [7, 11) is -1.17. The first kappa shape index (κ1) is 48.6. The number of hydrogen-bond acceptors (Lipinski definition) is 11. The predicted octanol–water partition coefficient (Wildman–Crippen LogP) is 8.49. The number of anilines is 1. The van der Waals surface area contributed by atoms with Crippen molar-refractivity contribution in [2.75, 3.05) is 36.9 Å². The van der Waals surface area contributed by atoms with E-state index in [1.54, 1.807) is 30.3 Å². The molecule has 1 aliphatic rings. The lowest BCUT2D eigenvalue weighted by Gasteiger charge is -2.22.